The standard InChI is InChI=1S/C21H23FO/c1-3-13-23-18-10-12-20-17(14-18)9-11-19(21(20)22)16-7-5-15(4-2)6-8-16/h3-4,9-12,14-16H,1-2,5-8,13H2. The maximum absolute atomic E-state index is 14.9. The van der Waals surface area contributed by atoms with Gasteiger partial charge in [-0.2, -0.15) is 0 Å². The number of rotatable bonds is 5. The van der Waals surface area contributed by atoms with Gasteiger partial charge in [0.15, 0.2) is 0 Å². The molecule has 0 N–H and O–H groups in total. The fraction of sp³-hybridized carbons (Fsp3) is 0.333. The fourth-order valence-electron chi connectivity index (χ4n) is 3.51. The van der Waals surface area contributed by atoms with Crippen molar-refractivity contribution >= 4 is 10.8 Å². The van der Waals surface area contributed by atoms with Crippen LogP contribution in [-0.4, -0.2) is 6.61 Å². The Balaban J connectivity index is 1.87. The molecule has 1 nitrogen and oxygen atoms in total. The summed E-state index contributed by atoms with van der Waals surface area (Å²) in [6.45, 7) is 7.97. The Bertz CT molecular complexity index is 711. The first-order chi connectivity index (χ1) is 11.2. The van der Waals surface area contributed by atoms with Crippen molar-refractivity contribution in [3.05, 3.63) is 67.0 Å². The third-order valence-corrected chi connectivity index (χ3v) is 4.87. The van der Waals surface area contributed by atoms with E-state index in [9.17, 15) is 4.39 Å². The van der Waals surface area contributed by atoms with Crippen LogP contribution in [0.3, 0.4) is 0 Å². The van der Waals surface area contributed by atoms with E-state index in [0.29, 0.717) is 23.8 Å². The van der Waals surface area contributed by atoms with Gasteiger partial charge in [-0.3, -0.25) is 0 Å². The predicted octanol–water partition coefficient (Wildman–Crippen LogP) is 6.00. The van der Waals surface area contributed by atoms with Crippen LogP contribution in [0, 0.1) is 11.7 Å². The van der Waals surface area contributed by atoms with Crippen LogP contribution < -0.4 is 4.74 Å². The molecule has 2 aromatic carbocycles. The predicted molar refractivity (Wildman–Crippen MR) is 94.5 cm³/mol. The molecule has 1 aliphatic carbocycles. The summed E-state index contributed by atoms with van der Waals surface area (Å²) >= 11 is 0. The highest BCUT2D eigenvalue weighted by Crippen LogP contribution is 2.39. The van der Waals surface area contributed by atoms with E-state index in [-0.39, 0.29) is 5.82 Å². The number of allylic oxidation sites excluding steroid dienone is 1. The van der Waals surface area contributed by atoms with Gasteiger partial charge < -0.3 is 4.74 Å². The molecule has 0 radical (unpaired) electrons. The van der Waals surface area contributed by atoms with Crippen LogP contribution >= 0.6 is 0 Å². The molecule has 2 aromatic rings. The van der Waals surface area contributed by atoms with Gasteiger partial charge in [-0.05, 0) is 66.7 Å². The minimum atomic E-state index is -0.0696. The van der Waals surface area contributed by atoms with Crippen LogP contribution in [-0.2, 0) is 0 Å². The topological polar surface area (TPSA) is 9.23 Å². The van der Waals surface area contributed by atoms with Gasteiger partial charge in [-0.25, -0.2) is 4.39 Å². The first kappa shape index (κ1) is 15.8. The summed E-state index contributed by atoms with van der Waals surface area (Å²) in [5, 5.41) is 1.56. The third kappa shape index (κ3) is 3.31. The monoisotopic (exact) mass is 310 g/mol. The molecule has 0 heterocycles. The van der Waals surface area contributed by atoms with E-state index in [2.05, 4.69) is 13.2 Å². The van der Waals surface area contributed by atoms with Gasteiger partial charge in [-0.1, -0.05) is 30.9 Å². The van der Waals surface area contributed by atoms with Gasteiger partial charge in [0.25, 0.3) is 0 Å². The molecule has 23 heavy (non-hydrogen) atoms. The first-order valence-corrected chi connectivity index (χ1v) is 8.31. The maximum Gasteiger partial charge on any atom is 0.134 e. The van der Waals surface area contributed by atoms with E-state index in [1.165, 1.54) is 0 Å². The lowest BCUT2D eigenvalue weighted by Gasteiger charge is -2.27. The number of hydrogen-bond acceptors (Lipinski definition) is 1. The van der Waals surface area contributed by atoms with Gasteiger partial charge >= 0.3 is 0 Å². The molecule has 0 aromatic heterocycles. The second-order valence-corrected chi connectivity index (χ2v) is 6.30. The average Bonchev–Trinajstić information content (AvgIpc) is 2.60. The number of ether oxygens (including phenoxy) is 1. The summed E-state index contributed by atoms with van der Waals surface area (Å²) in [6.07, 6.45) is 8.05. The first-order valence-electron chi connectivity index (χ1n) is 8.31. The normalized spacial score (nSPS) is 21.1. The van der Waals surface area contributed by atoms with Crippen molar-refractivity contribution in [2.75, 3.05) is 6.61 Å². The van der Waals surface area contributed by atoms with Crippen LogP contribution in [0.15, 0.2) is 55.6 Å². The number of hydrogen-bond donors (Lipinski definition) is 0. The Hall–Kier alpha value is -2.09. The Morgan fingerprint density at radius 1 is 1.09 bits per heavy atom. The molecule has 0 aliphatic heterocycles. The molecule has 2 heteroatoms. The maximum atomic E-state index is 14.9. The highest BCUT2D eigenvalue weighted by atomic mass is 19.1. The molecule has 3 rings (SSSR count). The number of halogens is 1. The Morgan fingerprint density at radius 2 is 1.87 bits per heavy atom. The summed E-state index contributed by atoms with van der Waals surface area (Å²) in [7, 11) is 0. The van der Waals surface area contributed by atoms with E-state index in [1.807, 2.05) is 36.4 Å². The lowest BCUT2D eigenvalue weighted by molar-refractivity contribution is 0.363. The smallest absolute Gasteiger partial charge is 0.134 e. The van der Waals surface area contributed by atoms with E-state index in [1.54, 1.807) is 6.08 Å². The van der Waals surface area contributed by atoms with Crippen molar-refractivity contribution < 1.29 is 9.13 Å². The minimum Gasteiger partial charge on any atom is -0.490 e. The van der Waals surface area contributed by atoms with Gasteiger partial charge in [0, 0.05) is 5.39 Å². The molecule has 0 unspecified atom stereocenters. The summed E-state index contributed by atoms with van der Waals surface area (Å²) in [6, 6.07) is 9.50. The molecule has 0 amide bonds. The van der Waals surface area contributed by atoms with E-state index >= 15 is 0 Å². The second kappa shape index (κ2) is 6.99. The molecule has 120 valence electrons. The zero-order valence-electron chi connectivity index (χ0n) is 13.4. The quantitative estimate of drug-likeness (QED) is 0.615. The van der Waals surface area contributed by atoms with Crippen molar-refractivity contribution in [3.63, 3.8) is 0 Å². The van der Waals surface area contributed by atoms with Gasteiger partial charge in [0.2, 0.25) is 0 Å². The fourth-order valence-corrected chi connectivity index (χ4v) is 3.51. The van der Waals surface area contributed by atoms with Crippen molar-refractivity contribution in [1.82, 2.24) is 0 Å². The molecule has 0 atom stereocenters. The lowest BCUT2D eigenvalue weighted by atomic mass is 9.78. The molecule has 1 aliphatic rings. The molecule has 1 saturated carbocycles. The van der Waals surface area contributed by atoms with Crippen LogP contribution in [0.2, 0.25) is 0 Å². The van der Waals surface area contributed by atoms with Gasteiger partial charge in [0.05, 0.1) is 0 Å². The molecule has 0 spiro atoms. The summed E-state index contributed by atoms with van der Waals surface area (Å²) in [4.78, 5) is 0. The average molecular weight is 310 g/mol. The molecule has 1 fully saturated rings. The van der Waals surface area contributed by atoms with Crippen molar-refractivity contribution in [3.8, 4) is 5.75 Å². The van der Waals surface area contributed by atoms with E-state index < -0.39 is 0 Å². The third-order valence-electron chi connectivity index (χ3n) is 4.87. The zero-order chi connectivity index (χ0) is 16.2. The Kier molecular flexibility index (Phi) is 4.80. The molecular weight excluding hydrogens is 287 g/mol. The van der Waals surface area contributed by atoms with E-state index in [0.717, 1.165) is 42.4 Å². The molecular formula is C21H23FO. The molecule has 0 saturated heterocycles. The summed E-state index contributed by atoms with van der Waals surface area (Å²) in [5.74, 6) is 1.60. The Morgan fingerprint density at radius 3 is 2.57 bits per heavy atom. The number of benzene rings is 2. The lowest BCUT2D eigenvalue weighted by Crippen LogP contribution is -2.12. The van der Waals surface area contributed by atoms with Crippen molar-refractivity contribution in [2.45, 2.75) is 31.6 Å². The van der Waals surface area contributed by atoms with Crippen molar-refractivity contribution in [2.24, 2.45) is 5.92 Å². The number of fused-ring (bicyclic) bond motifs is 1. The minimum absolute atomic E-state index is 0.0696. The van der Waals surface area contributed by atoms with E-state index in [4.69, 9.17) is 4.74 Å². The summed E-state index contributed by atoms with van der Waals surface area (Å²) in [5.41, 5.74) is 0.861. The highest BCUT2D eigenvalue weighted by Gasteiger charge is 2.23. The van der Waals surface area contributed by atoms with Gasteiger partial charge in [0.1, 0.15) is 18.2 Å². The SMILES string of the molecule is C=CCOc1ccc2c(F)c(C3CCC(C=C)CC3)ccc2c1. The summed E-state index contributed by atoms with van der Waals surface area (Å²) < 4.78 is 20.5. The van der Waals surface area contributed by atoms with Crippen molar-refractivity contribution in [1.29, 1.82) is 0 Å². The zero-order valence-corrected chi connectivity index (χ0v) is 13.4. The van der Waals surface area contributed by atoms with Crippen LogP contribution in [0.5, 0.6) is 5.75 Å². The highest BCUT2D eigenvalue weighted by molar-refractivity contribution is 5.85. The van der Waals surface area contributed by atoms with Gasteiger partial charge in [-0.15, -0.1) is 6.58 Å². The second-order valence-electron chi connectivity index (χ2n) is 6.30. The van der Waals surface area contributed by atoms with Crippen LogP contribution in [0.25, 0.3) is 10.8 Å². The molecule has 0 bridgehead atoms. The Labute approximate surface area is 137 Å². The van der Waals surface area contributed by atoms with Crippen LogP contribution in [0.1, 0.15) is 37.2 Å². The van der Waals surface area contributed by atoms with Crippen LogP contribution in [0.4, 0.5) is 4.39 Å². The largest absolute Gasteiger partial charge is 0.490 e.